The Kier molecular flexibility index (Phi) is 3.67. The van der Waals surface area contributed by atoms with Gasteiger partial charge in [0, 0.05) is 9.75 Å². The number of nitrogens with one attached hydrogen (secondary N) is 1. The van der Waals surface area contributed by atoms with E-state index in [4.69, 9.17) is 5.84 Å². The molecule has 0 aromatic carbocycles. The predicted octanol–water partition coefficient (Wildman–Crippen LogP) is 3.53. The van der Waals surface area contributed by atoms with E-state index in [0.717, 1.165) is 0 Å². The summed E-state index contributed by atoms with van der Waals surface area (Å²) in [5, 5.41) is 0. The number of thiophene rings is 1. The predicted molar refractivity (Wildman–Crippen MR) is 70.3 cm³/mol. The van der Waals surface area contributed by atoms with Crippen LogP contribution in [0.2, 0.25) is 0 Å². The summed E-state index contributed by atoms with van der Waals surface area (Å²) in [6.07, 6.45) is 6.57. The quantitative estimate of drug-likeness (QED) is 0.622. The van der Waals surface area contributed by atoms with E-state index in [1.807, 2.05) is 11.3 Å². The Morgan fingerprint density at radius 2 is 2.12 bits per heavy atom. The monoisotopic (exact) mass is 238 g/mol. The fourth-order valence-electron chi connectivity index (χ4n) is 3.09. The van der Waals surface area contributed by atoms with Crippen LogP contribution in [0.15, 0.2) is 12.1 Å². The van der Waals surface area contributed by atoms with Crippen LogP contribution in [0.4, 0.5) is 0 Å². The summed E-state index contributed by atoms with van der Waals surface area (Å²) in [7, 11) is 0. The Hall–Kier alpha value is -0.380. The van der Waals surface area contributed by atoms with Gasteiger partial charge in [-0.3, -0.25) is 11.3 Å². The van der Waals surface area contributed by atoms with Crippen molar-refractivity contribution in [3.8, 4) is 0 Å². The van der Waals surface area contributed by atoms with Gasteiger partial charge in [0.1, 0.15) is 0 Å². The normalized spacial score (nSPS) is 21.2. The molecule has 2 nitrogen and oxygen atoms in total. The minimum atomic E-state index is 0.346. The fourth-order valence-corrected chi connectivity index (χ4v) is 4.17. The summed E-state index contributed by atoms with van der Waals surface area (Å²) >= 11 is 1.88. The van der Waals surface area contributed by atoms with Crippen molar-refractivity contribution >= 4 is 11.3 Å². The lowest BCUT2D eigenvalue weighted by Crippen LogP contribution is -2.39. The van der Waals surface area contributed by atoms with Gasteiger partial charge in [-0.15, -0.1) is 11.3 Å². The molecule has 1 aromatic rings. The molecule has 3 N–H and O–H groups in total. The molecule has 0 radical (unpaired) electrons. The van der Waals surface area contributed by atoms with Crippen LogP contribution in [0.3, 0.4) is 0 Å². The Bertz CT molecular complexity index is 339. The van der Waals surface area contributed by atoms with Gasteiger partial charge >= 0.3 is 0 Å². The SMILES string of the molecule is CCC1(C(NN)c2ccc(C)s2)CCCC1. The summed E-state index contributed by atoms with van der Waals surface area (Å²) < 4.78 is 0. The molecule has 16 heavy (non-hydrogen) atoms. The summed E-state index contributed by atoms with van der Waals surface area (Å²) in [5.74, 6) is 5.81. The molecule has 0 bridgehead atoms. The van der Waals surface area contributed by atoms with E-state index in [9.17, 15) is 0 Å². The van der Waals surface area contributed by atoms with Gasteiger partial charge in [0.2, 0.25) is 0 Å². The third-order valence-electron chi connectivity index (χ3n) is 4.13. The molecule has 1 unspecified atom stereocenters. The molecule has 1 aliphatic rings. The van der Waals surface area contributed by atoms with Gasteiger partial charge in [0.15, 0.2) is 0 Å². The molecule has 0 aliphatic heterocycles. The highest BCUT2D eigenvalue weighted by Gasteiger charge is 2.40. The highest BCUT2D eigenvalue weighted by Crippen LogP contribution is 2.50. The number of hydrogen-bond donors (Lipinski definition) is 2. The first-order valence-corrected chi connectivity index (χ1v) is 7.06. The lowest BCUT2D eigenvalue weighted by molar-refractivity contribution is 0.191. The standard InChI is InChI=1S/C13H22N2S/c1-3-13(8-4-5-9-13)12(15-14)11-7-6-10(2)16-11/h6-7,12,15H,3-5,8-9,14H2,1-2H3. The van der Waals surface area contributed by atoms with Gasteiger partial charge in [0.25, 0.3) is 0 Å². The minimum Gasteiger partial charge on any atom is -0.271 e. The molecule has 2 rings (SSSR count). The van der Waals surface area contributed by atoms with Gasteiger partial charge < -0.3 is 0 Å². The molecule has 0 saturated heterocycles. The van der Waals surface area contributed by atoms with Crippen LogP contribution in [0.25, 0.3) is 0 Å². The summed E-state index contributed by atoms with van der Waals surface area (Å²) in [6.45, 7) is 4.46. The molecule has 3 heteroatoms. The summed E-state index contributed by atoms with van der Waals surface area (Å²) in [6, 6.07) is 4.78. The molecule has 1 aromatic heterocycles. The first-order chi connectivity index (χ1) is 7.72. The molecular formula is C13H22N2S. The molecule has 0 amide bonds. The number of aryl methyl sites for hydroxylation is 1. The van der Waals surface area contributed by atoms with Crippen molar-refractivity contribution in [3.63, 3.8) is 0 Å². The highest BCUT2D eigenvalue weighted by atomic mass is 32.1. The average molecular weight is 238 g/mol. The molecule has 90 valence electrons. The maximum atomic E-state index is 5.81. The second-order valence-electron chi connectivity index (χ2n) is 4.97. The number of hydrogen-bond acceptors (Lipinski definition) is 3. The molecule has 1 fully saturated rings. The van der Waals surface area contributed by atoms with E-state index >= 15 is 0 Å². The number of hydrazine groups is 1. The Morgan fingerprint density at radius 1 is 1.44 bits per heavy atom. The second-order valence-corrected chi connectivity index (χ2v) is 6.29. The maximum Gasteiger partial charge on any atom is 0.0609 e. The van der Waals surface area contributed by atoms with E-state index in [0.29, 0.717) is 11.5 Å². The van der Waals surface area contributed by atoms with Gasteiger partial charge in [-0.1, -0.05) is 19.8 Å². The number of nitrogens with two attached hydrogens (primary N) is 1. The van der Waals surface area contributed by atoms with E-state index in [2.05, 4.69) is 31.4 Å². The van der Waals surface area contributed by atoms with Crippen LogP contribution >= 0.6 is 11.3 Å². The van der Waals surface area contributed by atoms with Crippen LogP contribution in [0.1, 0.15) is 54.8 Å². The van der Waals surface area contributed by atoms with E-state index in [1.165, 1.54) is 41.9 Å². The molecule has 1 heterocycles. The zero-order chi connectivity index (χ0) is 11.6. The molecule has 1 atom stereocenters. The highest BCUT2D eigenvalue weighted by molar-refractivity contribution is 7.12. The Labute approximate surface area is 102 Å². The summed E-state index contributed by atoms with van der Waals surface area (Å²) in [4.78, 5) is 2.78. The van der Waals surface area contributed by atoms with Crippen LogP contribution in [-0.4, -0.2) is 0 Å². The first kappa shape index (κ1) is 12.1. The van der Waals surface area contributed by atoms with Gasteiger partial charge in [-0.2, -0.15) is 0 Å². The van der Waals surface area contributed by atoms with Gasteiger partial charge in [0.05, 0.1) is 6.04 Å². The van der Waals surface area contributed by atoms with Crippen LogP contribution in [-0.2, 0) is 0 Å². The van der Waals surface area contributed by atoms with E-state index in [1.54, 1.807) is 0 Å². The van der Waals surface area contributed by atoms with Crippen molar-refractivity contribution < 1.29 is 0 Å². The van der Waals surface area contributed by atoms with Crippen LogP contribution in [0.5, 0.6) is 0 Å². The zero-order valence-electron chi connectivity index (χ0n) is 10.3. The lowest BCUT2D eigenvalue weighted by Gasteiger charge is -2.36. The zero-order valence-corrected chi connectivity index (χ0v) is 11.1. The van der Waals surface area contributed by atoms with Crippen LogP contribution in [0, 0.1) is 12.3 Å². The van der Waals surface area contributed by atoms with Crippen molar-refractivity contribution in [2.24, 2.45) is 11.3 Å². The fraction of sp³-hybridized carbons (Fsp3) is 0.692. The first-order valence-electron chi connectivity index (χ1n) is 6.24. The van der Waals surface area contributed by atoms with Crippen molar-refractivity contribution in [3.05, 3.63) is 21.9 Å². The Balaban J connectivity index is 2.27. The van der Waals surface area contributed by atoms with Crippen molar-refractivity contribution in [2.45, 2.75) is 52.0 Å². The van der Waals surface area contributed by atoms with E-state index in [-0.39, 0.29) is 0 Å². The summed E-state index contributed by atoms with van der Waals surface area (Å²) in [5.41, 5.74) is 3.47. The molecule has 1 saturated carbocycles. The lowest BCUT2D eigenvalue weighted by atomic mass is 9.76. The van der Waals surface area contributed by atoms with Crippen molar-refractivity contribution in [1.82, 2.24) is 5.43 Å². The average Bonchev–Trinajstić information content (AvgIpc) is 2.90. The van der Waals surface area contributed by atoms with Crippen molar-refractivity contribution in [2.75, 3.05) is 0 Å². The van der Waals surface area contributed by atoms with E-state index < -0.39 is 0 Å². The number of rotatable bonds is 4. The van der Waals surface area contributed by atoms with Gasteiger partial charge in [-0.05, 0) is 43.7 Å². The smallest absolute Gasteiger partial charge is 0.0609 e. The topological polar surface area (TPSA) is 38.0 Å². The van der Waals surface area contributed by atoms with Crippen LogP contribution < -0.4 is 11.3 Å². The molecule has 1 aliphatic carbocycles. The minimum absolute atomic E-state index is 0.346. The molecule has 0 spiro atoms. The van der Waals surface area contributed by atoms with Crippen molar-refractivity contribution in [1.29, 1.82) is 0 Å². The maximum absolute atomic E-state index is 5.81. The third-order valence-corrected chi connectivity index (χ3v) is 5.19. The largest absolute Gasteiger partial charge is 0.271 e. The molecular weight excluding hydrogens is 216 g/mol. The van der Waals surface area contributed by atoms with Gasteiger partial charge in [-0.25, -0.2) is 0 Å². The second kappa shape index (κ2) is 4.86. The Morgan fingerprint density at radius 3 is 2.56 bits per heavy atom. The third kappa shape index (κ3) is 2.04.